The monoisotopic (exact) mass is 322 g/mol. The fourth-order valence-electron chi connectivity index (χ4n) is 3.77. The molecule has 0 spiro atoms. The van der Waals surface area contributed by atoms with Gasteiger partial charge in [-0.3, -0.25) is 0 Å². The maximum absolute atomic E-state index is 4.46. The SMILES string of the molecule is CS[C@@H](C)CCN1CCC(n2cc(C3CCCC3)nn2)CC1. The lowest BCUT2D eigenvalue weighted by Crippen LogP contribution is -2.36. The highest BCUT2D eigenvalue weighted by Gasteiger charge is 2.24. The molecule has 22 heavy (non-hydrogen) atoms. The first-order chi connectivity index (χ1) is 10.8. The lowest BCUT2D eigenvalue weighted by Gasteiger charge is -2.32. The molecule has 0 bridgehead atoms. The van der Waals surface area contributed by atoms with Crippen LogP contribution >= 0.6 is 11.8 Å². The Hall–Kier alpha value is -0.550. The van der Waals surface area contributed by atoms with Crippen molar-refractivity contribution in [3.05, 3.63) is 11.9 Å². The van der Waals surface area contributed by atoms with Crippen LogP contribution in [0, 0.1) is 0 Å². The van der Waals surface area contributed by atoms with Gasteiger partial charge in [-0.25, -0.2) is 4.68 Å². The number of likely N-dealkylation sites (tertiary alicyclic amines) is 1. The van der Waals surface area contributed by atoms with Crippen LogP contribution in [-0.2, 0) is 0 Å². The number of rotatable bonds is 6. The molecule has 0 amide bonds. The molecule has 0 aromatic carbocycles. The zero-order chi connectivity index (χ0) is 15.4. The molecule has 5 heteroatoms. The summed E-state index contributed by atoms with van der Waals surface area (Å²) in [5, 5.41) is 9.68. The van der Waals surface area contributed by atoms with Crippen LogP contribution < -0.4 is 0 Å². The van der Waals surface area contributed by atoms with Gasteiger partial charge in [0.15, 0.2) is 0 Å². The van der Waals surface area contributed by atoms with Gasteiger partial charge in [0.1, 0.15) is 0 Å². The molecule has 2 aliphatic rings. The molecule has 4 nitrogen and oxygen atoms in total. The molecule has 0 N–H and O–H groups in total. The van der Waals surface area contributed by atoms with Crippen molar-refractivity contribution in [1.82, 2.24) is 19.9 Å². The van der Waals surface area contributed by atoms with Crippen molar-refractivity contribution in [2.24, 2.45) is 0 Å². The van der Waals surface area contributed by atoms with Crippen LogP contribution in [0.5, 0.6) is 0 Å². The Labute approximate surface area is 139 Å². The van der Waals surface area contributed by atoms with Crippen LogP contribution in [0.25, 0.3) is 0 Å². The van der Waals surface area contributed by atoms with Gasteiger partial charge in [0, 0.05) is 30.5 Å². The Morgan fingerprint density at radius 2 is 1.95 bits per heavy atom. The van der Waals surface area contributed by atoms with E-state index in [1.807, 2.05) is 11.8 Å². The summed E-state index contributed by atoms with van der Waals surface area (Å²) in [4.78, 5) is 2.62. The molecule has 0 unspecified atom stereocenters. The highest BCUT2D eigenvalue weighted by molar-refractivity contribution is 7.99. The average molecular weight is 323 g/mol. The van der Waals surface area contributed by atoms with Gasteiger partial charge in [-0.2, -0.15) is 11.8 Å². The minimum absolute atomic E-state index is 0.567. The van der Waals surface area contributed by atoms with Gasteiger partial charge in [0.05, 0.1) is 11.7 Å². The Balaban J connectivity index is 1.47. The summed E-state index contributed by atoms with van der Waals surface area (Å²) in [5.41, 5.74) is 1.24. The van der Waals surface area contributed by atoms with Crippen molar-refractivity contribution in [2.75, 3.05) is 25.9 Å². The van der Waals surface area contributed by atoms with E-state index in [0.29, 0.717) is 12.0 Å². The molecule has 1 aliphatic carbocycles. The summed E-state index contributed by atoms with van der Waals surface area (Å²) in [6, 6.07) is 0.567. The molecule has 1 saturated heterocycles. The molecule has 2 heterocycles. The van der Waals surface area contributed by atoms with Gasteiger partial charge in [0.2, 0.25) is 0 Å². The maximum Gasteiger partial charge on any atom is 0.0858 e. The zero-order valence-corrected chi connectivity index (χ0v) is 14.9. The third-order valence-corrected chi connectivity index (χ3v) is 6.53. The molecule has 1 atom stereocenters. The lowest BCUT2D eigenvalue weighted by molar-refractivity contribution is 0.177. The van der Waals surface area contributed by atoms with E-state index in [0.717, 1.165) is 5.25 Å². The third kappa shape index (κ3) is 4.05. The van der Waals surface area contributed by atoms with Crippen molar-refractivity contribution in [2.45, 2.75) is 69.1 Å². The minimum atomic E-state index is 0.567. The van der Waals surface area contributed by atoms with E-state index < -0.39 is 0 Å². The van der Waals surface area contributed by atoms with Crippen molar-refractivity contribution in [3.8, 4) is 0 Å². The van der Waals surface area contributed by atoms with Crippen molar-refractivity contribution in [1.29, 1.82) is 0 Å². The smallest absolute Gasteiger partial charge is 0.0858 e. The minimum Gasteiger partial charge on any atom is -0.303 e. The molecule has 1 aromatic heterocycles. The van der Waals surface area contributed by atoms with Gasteiger partial charge in [-0.05, 0) is 44.9 Å². The largest absolute Gasteiger partial charge is 0.303 e. The molecule has 1 aliphatic heterocycles. The summed E-state index contributed by atoms with van der Waals surface area (Å²) in [6.07, 6.45) is 13.6. The van der Waals surface area contributed by atoms with Crippen molar-refractivity contribution in [3.63, 3.8) is 0 Å². The Morgan fingerprint density at radius 1 is 1.23 bits per heavy atom. The number of piperidine rings is 1. The van der Waals surface area contributed by atoms with Crippen molar-refractivity contribution < 1.29 is 0 Å². The van der Waals surface area contributed by atoms with Crippen LogP contribution in [0.3, 0.4) is 0 Å². The number of hydrogen-bond donors (Lipinski definition) is 0. The first-order valence-electron chi connectivity index (χ1n) is 8.93. The molecule has 1 saturated carbocycles. The molecular formula is C17H30N4S. The Morgan fingerprint density at radius 3 is 2.64 bits per heavy atom. The van der Waals surface area contributed by atoms with E-state index >= 15 is 0 Å². The zero-order valence-electron chi connectivity index (χ0n) is 14.1. The van der Waals surface area contributed by atoms with Crippen LogP contribution in [0.15, 0.2) is 6.20 Å². The maximum atomic E-state index is 4.46. The van der Waals surface area contributed by atoms with Crippen molar-refractivity contribution >= 4 is 11.8 Å². The standard InChI is InChI=1S/C17H30N4S/c1-14(22-2)7-10-20-11-8-16(9-12-20)21-13-17(18-19-21)15-5-3-4-6-15/h13-16H,3-12H2,1-2H3/t14-/m0/s1. The second kappa shape index (κ2) is 7.82. The summed E-state index contributed by atoms with van der Waals surface area (Å²) in [7, 11) is 0. The van der Waals surface area contributed by atoms with Crippen LogP contribution in [0.4, 0.5) is 0 Å². The van der Waals surface area contributed by atoms with Gasteiger partial charge >= 0.3 is 0 Å². The second-order valence-corrected chi connectivity index (χ2v) is 8.29. The van der Waals surface area contributed by atoms with Gasteiger partial charge < -0.3 is 4.90 Å². The fourth-order valence-corrected chi connectivity index (χ4v) is 4.11. The van der Waals surface area contributed by atoms with E-state index in [1.54, 1.807) is 0 Å². The molecule has 1 aromatic rings. The molecule has 124 valence electrons. The van der Waals surface area contributed by atoms with E-state index in [-0.39, 0.29) is 0 Å². The van der Waals surface area contributed by atoms with Crippen LogP contribution in [-0.4, -0.2) is 51.0 Å². The lowest BCUT2D eigenvalue weighted by atomic mass is 10.0. The second-order valence-electron chi connectivity index (χ2n) is 7.01. The molecule has 2 fully saturated rings. The normalized spacial score (nSPS) is 23.2. The first-order valence-corrected chi connectivity index (χ1v) is 10.2. The summed E-state index contributed by atoms with van der Waals surface area (Å²) in [6.45, 7) is 6.01. The van der Waals surface area contributed by atoms with Crippen LogP contribution in [0.2, 0.25) is 0 Å². The molecule has 3 rings (SSSR count). The highest BCUT2D eigenvalue weighted by atomic mass is 32.2. The number of hydrogen-bond acceptors (Lipinski definition) is 4. The fraction of sp³-hybridized carbons (Fsp3) is 0.882. The quantitative estimate of drug-likeness (QED) is 0.799. The van der Waals surface area contributed by atoms with Crippen LogP contribution in [0.1, 0.15) is 69.5 Å². The number of aromatic nitrogens is 3. The number of nitrogens with zero attached hydrogens (tertiary/aromatic N) is 4. The highest BCUT2D eigenvalue weighted by Crippen LogP contribution is 2.33. The number of thioether (sulfide) groups is 1. The summed E-state index contributed by atoms with van der Waals surface area (Å²) in [5.74, 6) is 0.682. The summed E-state index contributed by atoms with van der Waals surface area (Å²) >= 11 is 1.98. The van der Waals surface area contributed by atoms with E-state index in [4.69, 9.17) is 0 Å². The Bertz CT molecular complexity index is 447. The molecular weight excluding hydrogens is 292 g/mol. The Kier molecular flexibility index (Phi) is 5.80. The van der Waals surface area contributed by atoms with Gasteiger partial charge in [-0.1, -0.05) is 25.0 Å². The predicted molar refractivity (Wildman–Crippen MR) is 93.5 cm³/mol. The van der Waals surface area contributed by atoms with Gasteiger partial charge in [0.25, 0.3) is 0 Å². The average Bonchev–Trinajstić information content (AvgIpc) is 3.23. The third-order valence-electron chi connectivity index (χ3n) is 5.49. The van der Waals surface area contributed by atoms with E-state index in [9.17, 15) is 0 Å². The predicted octanol–water partition coefficient (Wildman–Crippen LogP) is 3.71. The van der Waals surface area contributed by atoms with Gasteiger partial charge in [-0.15, -0.1) is 5.10 Å². The topological polar surface area (TPSA) is 34.0 Å². The first kappa shape index (κ1) is 16.3. The van der Waals surface area contributed by atoms with E-state index in [2.05, 4.69) is 39.3 Å². The molecule has 0 radical (unpaired) electrons. The van der Waals surface area contributed by atoms with E-state index in [1.165, 1.54) is 70.3 Å². The summed E-state index contributed by atoms with van der Waals surface area (Å²) < 4.78 is 2.16.